The smallest absolute Gasteiger partial charge is 0.271 e. The van der Waals surface area contributed by atoms with Crippen molar-refractivity contribution in [2.75, 3.05) is 6.61 Å². The minimum atomic E-state index is -0.479. The molecule has 0 aliphatic carbocycles. The van der Waals surface area contributed by atoms with E-state index >= 15 is 0 Å². The summed E-state index contributed by atoms with van der Waals surface area (Å²) in [6.45, 7) is 3.66. The van der Waals surface area contributed by atoms with E-state index in [4.69, 9.17) is 16.7 Å². The Balaban J connectivity index is 2.69. The van der Waals surface area contributed by atoms with E-state index in [0.717, 1.165) is 0 Å². The van der Waals surface area contributed by atoms with Gasteiger partial charge in [0, 0.05) is 12.1 Å². The molecule has 6 heteroatoms. The molecule has 0 saturated carbocycles. The predicted octanol–water partition coefficient (Wildman–Crippen LogP) is 1.02. The van der Waals surface area contributed by atoms with Crippen molar-refractivity contribution in [1.29, 1.82) is 0 Å². The molecule has 88 valence electrons. The molecular formula is C10H14ClN3O2. The molecule has 0 radical (unpaired) electrons. The van der Waals surface area contributed by atoms with Crippen LogP contribution in [-0.2, 0) is 0 Å². The SMILES string of the molecule is CC(C)(CCO)NC(=O)c1cnc(Cl)cn1. The fourth-order valence-corrected chi connectivity index (χ4v) is 1.24. The number of aliphatic hydroxyl groups excluding tert-OH is 1. The first-order chi connectivity index (χ1) is 7.44. The van der Waals surface area contributed by atoms with Crippen LogP contribution in [0, 0.1) is 0 Å². The summed E-state index contributed by atoms with van der Waals surface area (Å²) in [5.74, 6) is -0.331. The summed E-state index contributed by atoms with van der Waals surface area (Å²) in [4.78, 5) is 19.3. The van der Waals surface area contributed by atoms with Crippen LogP contribution in [0.2, 0.25) is 5.15 Å². The summed E-state index contributed by atoms with van der Waals surface area (Å²) in [7, 11) is 0. The van der Waals surface area contributed by atoms with Crippen molar-refractivity contribution in [3.63, 3.8) is 0 Å². The molecule has 0 aliphatic heterocycles. The second-order valence-electron chi connectivity index (χ2n) is 4.04. The minimum absolute atomic E-state index is 0.0135. The van der Waals surface area contributed by atoms with Crippen LogP contribution in [-0.4, -0.2) is 33.1 Å². The largest absolute Gasteiger partial charge is 0.396 e. The lowest BCUT2D eigenvalue weighted by molar-refractivity contribution is 0.0894. The van der Waals surface area contributed by atoms with Gasteiger partial charge in [-0.15, -0.1) is 0 Å². The van der Waals surface area contributed by atoms with Crippen molar-refractivity contribution in [1.82, 2.24) is 15.3 Å². The molecule has 0 atom stereocenters. The lowest BCUT2D eigenvalue weighted by Gasteiger charge is -2.24. The average molecular weight is 244 g/mol. The number of hydrogen-bond acceptors (Lipinski definition) is 4. The Labute approximate surface area is 98.9 Å². The highest BCUT2D eigenvalue weighted by Gasteiger charge is 2.21. The molecule has 0 unspecified atom stereocenters. The molecule has 1 amide bonds. The van der Waals surface area contributed by atoms with Gasteiger partial charge in [-0.3, -0.25) is 4.79 Å². The number of amides is 1. The molecule has 0 aromatic carbocycles. The molecular weight excluding hydrogens is 230 g/mol. The number of nitrogens with zero attached hydrogens (tertiary/aromatic N) is 2. The van der Waals surface area contributed by atoms with Crippen LogP contribution in [0.25, 0.3) is 0 Å². The highest BCUT2D eigenvalue weighted by atomic mass is 35.5. The standard InChI is InChI=1S/C10H14ClN3O2/c1-10(2,3-4-15)14-9(16)7-5-13-8(11)6-12-7/h5-6,15H,3-4H2,1-2H3,(H,14,16). The number of aromatic nitrogens is 2. The van der Waals surface area contributed by atoms with E-state index in [9.17, 15) is 4.79 Å². The van der Waals surface area contributed by atoms with E-state index in [1.807, 2.05) is 13.8 Å². The van der Waals surface area contributed by atoms with E-state index in [2.05, 4.69) is 15.3 Å². The summed E-state index contributed by atoms with van der Waals surface area (Å²) >= 11 is 5.56. The number of carbonyl (C=O) groups is 1. The molecule has 0 aliphatic rings. The summed E-state index contributed by atoms with van der Waals surface area (Å²) < 4.78 is 0. The van der Waals surface area contributed by atoms with Crippen LogP contribution in [0.1, 0.15) is 30.8 Å². The van der Waals surface area contributed by atoms with Gasteiger partial charge < -0.3 is 10.4 Å². The number of carbonyl (C=O) groups excluding carboxylic acids is 1. The van der Waals surface area contributed by atoms with E-state index in [0.29, 0.717) is 6.42 Å². The minimum Gasteiger partial charge on any atom is -0.396 e. The quantitative estimate of drug-likeness (QED) is 0.828. The molecule has 0 bridgehead atoms. The summed E-state index contributed by atoms with van der Waals surface area (Å²) in [6.07, 6.45) is 3.10. The Morgan fingerprint density at radius 1 is 1.50 bits per heavy atom. The molecule has 0 spiro atoms. The monoisotopic (exact) mass is 243 g/mol. The van der Waals surface area contributed by atoms with E-state index < -0.39 is 5.54 Å². The third-order valence-electron chi connectivity index (χ3n) is 2.04. The third-order valence-corrected chi connectivity index (χ3v) is 2.24. The van der Waals surface area contributed by atoms with Gasteiger partial charge in [-0.1, -0.05) is 11.6 Å². The van der Waals surface area contributed by atoms with Crippen molar-refractivity contribution < 1.29 is 9.90 Å². The highest BCUT2D eigenvalue weighted by molar-refractivity contribution is 6.29. The lowest BCUT2D eigenvalue weighted by atomic mass is 10.0. The molecule has 0 fully saturated rings. The molecule has 16 heavy (non-hydrogen) atoms. The Morgan fingerprint density at radius 2 is 2.19 bits per heavy atom. The maximum Gasteiger partial charge on any atom is 0.271 e. The van der Waals surface area contributed by atoms with Gasteiger partial charge in [-0.2, -0.15) is 0 Å². The van der Waals surface area contributed by atoms with E-state index in [1.165, 1.54) is 12.4 Å². The predicted molar refractivity (Wildman–Crippen MR) is 60.3 cm³/mol. The van der Waals surface area contributed by atoms with Crippen LogP contribution < -0.4 is 5.32 Å². The van der Waals surface area contributed by atoms with Crippen LogP contribution in [0.5, 0.6) is 0 Å². The van der Waals surface area contributed by atoms with Crippen LogP contribution in [0.4, 0.5) is 0 Å². The summed E-state index contributed by atoms with van der Waals surface area (Å²) in [5, 5.41) is 11.8. The van der Waals surface area contributed by atoms with Crippen molar-refractivity contribution in [3.8, 4) is 0 Å². The van der Waals surface area contributed by atoms with E-state index in [1.54, 1.807) is 0 Å². The van der Waals surface area contributed by atoms with Gasteiger partial charge in [-0.25, -0.2) is 9.97 Å². The zero-order chi connectivity index (χ0) is 12.2. The summed E-state index contributed by atoms with van der Waals surface area (Å²) in [5.41, 5.74) is -0.275. The maximum atomic E-state index is 11.7. The van der Waals surface area contributed by atoms with Gasteiger partial charge in [0.15, 0.2) is 0 Å². The fraction of sp³-hybridized carbons (Fsp3) is 0.500. The molecule has 2 N–H and O–H groups in total. The van der Waals surface area contributed by atoms with Gasteiger partial charge in [0.05, 0.1) is 12.4 Å². The average Bonchev–Trinajstić information content (AvgIpc) is 2.17. The zero-order valence-corrected chi connectivity index (χ0v) is 9.95. The topological polar surface area (TPSA) is 75.1 Å². The third kappa shape index (κ3) is 3.75. The molecule has 5 nitrogen and oxygen atoms in total. The lowest BCUT2D eigenvalue weighted by Crippen LogP contribution is -2.44. The first-order valence-corrected chi connectivity index (χ1v) is 5.23. The Kier molecular flexibility index (Phi) is 4.20. The van der Waals surface area contributed by atoms with Crippen molar-refractivity contribution in [3.05, 3.63) is 23.2 Å². The van der Waals surface area contributed by atoms with Crippen molar-refractivity contribution in [2.45, 2.75) is 25.8 Å². The van der Waals surface area contributed by atoms with Gasteiger partial charge in [0.25, 0.3) is 5.91 Å². The fourth-order valence-electron chi connectivity index (χ4n) is 1.14. The van der Waals surface area contributed by atoms with Gasteiger partial charge >= 0.3 is 0 Å². The normalized spacial score (nSPS) is 11.2. The summed E-state index contributed by atoms with van der Waals surface area (Å²) in [6, 6.07) is 0. The first-order valence-electron chi connectivity index (χ1n) is 4.85. The number of rotatable bonds is 4. The highest BCUT2D eigenvalue weighted by Crippen LogP contribution is 2.09. The van der Waals surface area contributed by atoms with Gasteiger partial charge in [0.2, 0.25) is 0 Å². The number of halogens is 1. The first kappa shape index (κ1) is 12.9. The van der Waals surface area contributed by atoms with Crippen LogP contribution >= 0.6 is 11.6 Å². The molecule has 0 saturated heterocycles. The van der Waals surface area contributed by atoms with E-state index in [-0.39, 0.29) is 23.4 Å². The number of hydrogen-bond donors (Lipinski definition) is 2. The second kappa shape index (κ2) is 5.23. The number of aliphatic hydroxyl groups is 1. The Hall–Kier alpha value is -1.20. The van der Waals surface area contributed by atoms with Gasteiger partial charge in [-0.05, 0) is 20.3 Å². The molecule has 1 rings (SSSR count). The van der Waals surface area contributed by atoms with Crippen LogP contribution in [0.15, 0.2) is 12.4 Å². The molecule has 1 heterocycles. The second-order valence-corrected chi connectivity index (χ2v) is 4.42. The molecule has 1 aromatic heterocycles. The van der Waals surface area contributed by atoms with Crippen molar-refractivity contribution >= 4 is 17.5 Å². The molecule has 1 aromatic rings. The van der Waals surface area contributed by atoms with Crippen LogP contribution in [0.3, 0.4) is 0 Å². The zero-order valence-electron chi connectivity index (χ0n) is 9.20. The Bertz CT molecular complexity index is 365. The van der Waals surface area contributed by atoms with Gasteiger partial charge in [0.1, 0.15) is 10.8 Å². The Morgan fingerprint density at radius 3 is 2.69 bits per heavy atom. The van der Waals surface area contributed by atoms with Crippen molar-refractivity contribution in [2.24, 2.45) is 0 Å². The maximum absolute atomic E-state index is 11.7. The number of nitrogens with one attached hydrogen (secondary N) is 1.